The number of hydrogen-bond donors (Lipinski definition) is 1. The molecule has 27 heavy (non-hydrogen) atoms. The van der Waals surface area contributed by atoms with Gasteiger partial charge in [0, 0.05) is 11.8 Å². The van der Waals surface area contributed by atoms with Gasteiger partial charge in [-0.3, -0.25) is 9.59 Å². The third-order valence-electron chi connectivity index (χ3n) is 4.51. The van der Waals surface area contributed by atoms with E-state index in [0.29, 0.717) is 16.7 Å². The van der Waals surface area contributed by atoms with Gasteiger partial charge in [0.1, 0.15) is 11.0 Å². The maximum absolute atomic E-state index is 12.6. The van der Waals surface area contributed by atoms with Crippen LogP contribution in [0.1, 0.15) is 10.6 Å². The molecule has 0 unspecified atom stereocenters. The number of anilines is 1. The van der Waals surface area contributed by atoms with Crippen molar-refractivity contribution >= 4 is 44.5 Å². The zero-order valence-corrected chi connectivity index (χ0v) is 14.1. The van der Waals surface area contributed by atoms with Gasteiger partial charge in [-0.1, -0.05) is 42.5 Å². The molecule has 2 aromatic heterocycles. The summed E-state index contributed by atoms with van der Waals surface area (Å²) in [5.41, 5.74) is 0.842. The molecular formula is C22H13NO4. The van der Waals surface area contributed by atoms with Crippen molar-refractivity contribution in [2.75, 3.05) is 5.32 Å². The molecule has 3 aromatic carbocycles. The lowest BCUT2D eigenvalue weighted by Gasteiger charge is -2.04. The van der Waals surface area contributed by atoms with Crippen molar-refractivity contribution in [2.24, 2.45) is 0 Å². The molecule has 0 fully saturated rings. The number of amides is 1. The standard InChI is InChI=1S/C22H13NO4/c24-20-16-7-3-4-8-18(16)26-22-17(20)12-19(27-22)21(25)23-15-10-9-13-5-1-2-6-14(13)11-15/h1-12H,(H,23,25). The Morgan fingerprint density at radius 3 is 2.44 bits per heavy atom. The molecular weight excluding hydrogens is 342 g/mol. The van der Waals surface area contributed by atoms with Crippen molar-refractivity contribution < 1.29 is 13.6 Å². The summed E-state index contributed by atoms with van der Waals surface area (Å²) < 4.78 is 11.1. The lowest BCUT2D eigenvalue weighted by molar-refractivity contribution is 0.0997. The Labute approximate surface area is 152 Å². The number of fused-ring (bicyclic) bond motifs is 3. The lowest BCUT2D eigenvalue weighted by atomic mass is 10.1. The molecule has 0 atom stereocenters. The van der Waals surface area contributed by atoms with Crippen LogP contribution in [0.15, 0.2) is 86.4 Å². The van der Waals surface area contributed by atoms with Crippen molar-refractivity contribution in [3.8, 4) is 0 Å². The largest absolute Gasteiger partial charge is 0.425 e. The zero-order valence-electron chi connectivity index (χ0n) is 14.1. The maximum Gasteiger partial charge on any atom is 0.302 e. The monoisotopic (exact) mass is 355 g/mol. The van der Waals surface area contributed by atoms with Gasteiger partial charge in [0.15, 0.2) is 5.76 Å². The van der Waals surface area contributed by atoms with Crippen molar-refractivity contribution in [1.82, 2.24) is 0 Å². The molecule has 5 aromatic rings. The normalized spacial score (nSPS) is 11.3. The van der Waals surface area contributed by atoms with Crippen LogP contribution in [0.3, 0.4) is 0 Å². The first-order valence-corrected chi connectivity index (χ1v) is 8.44. The fraction of sp³-hybridized carbons (Fsp3) is 0. The zero-order chi connectivity index (χ0) is 18.4. The van der Waals surface area contributed by atoms with Crippen molar-refractivity contribution in [3.05, 3.63) is 88.8 Å². The SMILES string of the molecule is O=C(Nc1ccc2ccccc2c1)c1cc2c(=O)c3ccccc3oc2o1. The molecule has 0 saturated heterocycles. The van der Waals surface area contributed by atoms with E-state index in [4.69, 9.17) is 8.83 Å². The Balaban J connectivity index is 1.54. The van der Waals surface area contributed by atoms with Gasteiger partial charge in [-0.25, -0.2) is 0 Å². The van der Waals surface area contributed by atoms with E-state index < -0.39 is 5.91 Å². The summed E-state index contributed by atoms with van der Waals surface area (Å²) >= 11 is 0. The highest BCUT2D eigenvalue weighted by molar-refractivity contribution is 6.05. The van der Waals surface area contributed by atoms with Crippen LogP contribution in [-0.4, -0.2) is 5.91 Å². The molecule has 0 aliphatic carbocycles. The third-order valence-corrected chi connectivity index (χ3v) is 4.51. The number of rotatable bonds is 2. The minimum Gasteiger partial charge on any atom is -0.425 e. The van der Waals surface area contributed by atoms with E-state index >= 15 is 0 Å². The number of carbonyl (C=O) groups excluding carboxylic acids is 1. The summed E-state index contributed by atoms with van der Waals surface area (Å²) in [7, 11) is 0. The predicted octanol–water partition coefficient (Wildman–Crippen LogP) is 4.94. The van der Waals surface area contributed by atoms with Gasteiger partial charge >= 0.3 is 5.78 Å². The van der Waals surface area contributed by atoms with Crippen LogP contribution in [0.2, 0.25) is 0 Å². The van der Waals surface area contributed by atoms with E-state index in [1.807, 2.05) is 42.5 Å². The summed E-state index contributed by atoms with van der Waals surface area (Å²) in [4.78, 5) is 25.2. The number of nitrogens with one attached hydrogen (secondary N) is 1. The van der Waals surface area contributed by atoms with Crippen LogP contribution in [-0.2, 0) is 0 Å². The highest BCUT2D eigenvalue weighted by Crippen LogP contribution is 2.23. The predicted molar refractivity (Wildman–Crippen MR) is 104 cm³/mol. The summed E-state index contributed by atoms with van der Waals surface area (Å²) in [5, 5.41) is 5.60. The van der Waals surface area contributed by atoms with Gasteiger partial charge < -0.3 is 14.2 Å². The van der Waals surface area contributed by atoms with Gasteiger partial charge in [-0.05, 0) is 35.0 Å². The van der Waals surface area contributed by atoms with Crippen LogP contribution in [0.25, 0.3) is 32.9 Å². The number of benzene rings is 3. The lowest BCUT2D eigenvalue weighted by Crippen LogP contribution is -2.10. The minimum atomic E-state index is -0.444. The van der Waals surface area contributed by atoms with Gasteiger partial charge in [0.2, 0.25) is 5.43 Å². The number of furan rings is 1. The quantitative estimate of drug-likeness (QED) is 0.486. The highest BCUT2D eigenvalue weighted by atomic mass is 16.5. The number of carbonyl (C=O) groups is 1. The first-order chi connectivity index (χ1) is 13.2. The smallest absolute Gasteiger partial charge is 0.302 e. The molecule has 5 nitrogen and oxygen atoms in total. The third kappa shape index (κ3) is 2.57. The Morgan fingerprint density at radius 2 is 1.56 bits per heavy atom. The molecule has 2 heterocycles. The van der Waals surface area contributed by atoms with Crippen molar-refractivity contribution in [2.45, 2.75) is 0 Å². The molecule has 1 amide bonds. The molecule has 0 aliphatic heterocycles. The van der Waals surface area contributed by atoms with Gasteiger partial charge in [-0.2, -0.15) is 0 Å². The minimum absolute atomic E-state index is 0.0225. The summed E-state index contributed by atoms with van der Waals surface area (Å²) in [6.45, 7) is 0. The molecule has 1 N–H and O–H groups in total. The Bertz CT molecular complexity index is 1390. The summed E-state index contributed by atoms with van der Waals surface area (Å²) in [6.07, 6.45) is 0. The van der Waals surface area contributed by atoms with E-state index in [-0.39, 0.29) is 22.4 Å². The van der Waals surface area contributed by atoms with Crippen LogP contribution in [0.5, 0.6) is 0 Å². The fourth-order valence-corrected chi connectivity index (χ4v) is 3.17. The highest BCUT2D eigenvalue weighted by Gasteiger charge is 2.17. The Kier molecular flexibility index (Phi) is 3.33. The molecule has 5 rings (SSSR count). The van der Waals surface area contributed by atoms with Gasteiger partial charge in [0.05, 0.1) is 5.39 Å². The van der Waals surface area contributed by atoms with Gasteiger partial charge in [-0.15, -0.1) is 0 Å². The molecule has 130 valence electrons. The van der Waals surface area contributed by atoms with Crippen molar-refractivity contribution in [1.29, 1.82) is 0 Å². The van der Waals surface area contributed by atoms with Crippen LogP contribution in [0, 0.1) is 0 Å². The second kappa shape index (κ2) is 5.85. The van der Waals surface area contributed by atoms with E-state index in [2.05, 4.69) is 5.32 Å². The van der Waals surface area contributed by atoms with Crippen LogP contribution < -0.4 is 10.7 Å². The van der Waals surface area contributed by atoms with E-state index in [1.54, 1.807) is 24.3 Å². The van der Waals surface area contributed by atoms with Crippen LogP contribution >= 0.6 is 0 Å². The van der Waals surface area contributed by atoms with E-state index in [0.717, 1.165) is 10.8 Å². The van der Waals surface area contributed by atoms with Crippen LogP contribution in [0.4, 0.5) is 5.69 Å². The first-order valence-electron chi connectivity index (χ1n) is 8.44. The molecule has 0 spiro atoms. The van der Waals surface area contributed by atoms with Crippen molar-refractivity contribution in [3.63, 3.8) is 0 Å². The second-order valence-electron chi connectivity index (χ2n) is 6.26. The molecule has 0 aliphatic rings. The fourth-order valence-electron chi connectivity index (χ4n) is 3.17. The number of hydrogen-bond acceptors (Lipinski definition) is 4. The summed E-state index contributed by atoms with van der Waals surface area (Å²) in [6, 6.07) is 21.8. The Hall–Kier alpha value is -3.86. The first kappa shape index (κ1) is 15.4. The molecule has 0 bridgehead atoms. The summed E-state index contributed by atoms with van der Waals surface area (Å²) in [5.74, 6) is -0.378. The topological polar surface area (TPSA) is 72.5 Å². The molecule has 5 heteroatoms. The average Bonchev–Trinajstić information content (AvgIpc) is 3.13. The molecule has 0 saturated carbocycles. The van der Waals surface area contributed by atoms with Gasteiger partial charge in [0.25, 0.3) is 5.91 Å². The van der Waals surface area contributed by atoms with E-state index in [1.165, 1.54) is 6.07 Å². The van der Waals surface area contributed by atoms with E-state index in [9.17, 15) is 9.59 Å². The molecule has 0 radical (unpaired) electrons. The number of para-hydroxylation sites is 1. The Morgan fingerprint density at radius 1 is 0.778 bits per heavy atom. The second-order valence-corrected chi connectivity index (χ2v) is 6.26. The maximum atomic E-state index is 12.6. The average molecular weight is 355 g/mol.